The van der Waals surface area contributed by atoms with E-state index < -0.39 is 0 Å². The molecule has 0 aliphatic carbocycles. The van der Waals surface area contributed by atoms with Gasteiger partial charge in [-0.1, -0.05) is 12.1 Å². The quantitative estimate of drug-likeness (QED) is 0.891. The number of carbonyl (C=O) groups is 1. The Balaban J connectivity index is 1.67. The molecule has 1 unspecified atom stereocenters. The summed E-state index contributed by atoms with van der Waals surface area (Å²) in [4.78, 5) is 14.2. The van der Waals surface area contributed by atoms with Crippen molar-refractivity contribution in [1.29, 1.82) is 0 Å². The Labute approximate surface area is 120 Å². The second kappa shape index (κ2) is 6.37. The minimum Gasteiger partial charge on any atom is -0.378 e. The average Bonchev–Trinajstić information content (AvgIpc) is 2.56. The zero-order valence-corrected chi connectivity index (χ0v) is 11.8. The van der Waals surface area contributed by atoms with Gasteiger partial charge in [-0.15, -0.1) is 0 Å². The van der Waals surface area contributed by atoms with E-state index in [1.54, 1.807) is 0 Å². The lowest BCUT2D eigenvalue weighted by Crippen LogP contribution is -2.40. The van der Waals surface area contributed by atoms with Crippen LogP contribution in [0.4, 0.5) is 0 Å². The van der Waals surface area contributed by atoms with Crippen LogP contribution in [0.1, 0.15) is 34.7 Å². The molecule has 1 aromatic rings. The summed E-state index contributed by atoms with van der Waals surface area (Å²) < 4.78 is 5.28. The number of nitrogens with zero attached hydrogens (tertiary/aromatic N) is 1. The van der Waals surface area contributed by atoms with Crippen molar-refractivity contribution < 1.29 is 9.53 Å². The van der Waals surface area contributed by atoms with Crippen molar-refractivity contribution in [2.75, 3.05) is 39.4 Å². The maximum atomic E-state index is 12.3. The molecule has 4 nitrogen and oxygen atoms in total. The molecule has 0 radical (unpaired) electrons. The Hall–Kier alpha value is -1.39. The third kappa shape index (κ3) is 3.02. The molecule has 0 saturated carbocycles. The summed E-state index contributed by atoms with van der Waals surface area (Å²) >= 11 is 0. The number of rotatable bonds is 2. The summed E-state index contributed by atoms with van der Waals surface area (Å²) in [5.74, 6) is 0.720. The third-order valence-electron chi connectivity index (χ3n) is 4.22. The SMILES string of the molecule is O=C(c1ccc(C2CCCNC2)cc1)N1CCOCC1. The minimum atomic E-state index is 0.126. The first-order valence-corrected chi connectivity index (χ1v) is 7.52. The molecule has 2 saturated heterocycles. The molecule has 20 heavy (non-hydrogen) atoms. The van der Waals surface area contributed by atoms with Gasteiger partial charge in [0.15, 0.2) is 0 Å². The average molecular weight is 274 g/mol. The van der Waals surface area contributed by atoms with Crippen molar-refractivity contribution >= 4 is 5.91 Å². The van der Waals surface area contributed by atoms with E-state index in [0.717, 1.165) is 18.7 Å². The Morgan fingerprint density at radius 3 is 2.60 bits per heavy atom. The number of ether oxygens (including phenoxy) is 1. The van der Waals surface area contributed by atoms with Gasteiger partial charge in [-0.25, -0.2) is 0 Å². The third-order valence-corrected chi connectivity index (χ3v) is 4.22. The monoisotopic (exact) mass is 274 g/mol. The molecule has 1 amide bonds. The highest BCUT2D eigenvalue weighted by atomic mass is 16.5. The van der Waals surface area contributed by atoms with Crippen molar-refractivity contribution in [2.45, 2.75) is 18.8 Å². The number of hydrogen-bond donors (Lipinski definition) is 1. The van der Waals surface area contributed by atoms with Crippen LogP contribution in [0.2, 0.25) is 0 Å². The van der Waals surface area contributed by atoms with Crippen LogP contribution in [0.5, 0.6) is 0 Å². The van der Waals surface area contributed by atoms with Gasteiger partial charge in [0.2, 0.25) is 0 Å². The number of amides is 1. The lowest BCUT2D eigenvalue weighted by Gasteiger charge is -2.27. The molecule has 3 rings (SSSR count). The second-order valence-electron chi connectivity index (χ2n) is 5.57. The summed E-state index contributed by atoms with van der Waals surface area (Å²) in [6, 6.07) is 8.18. The molecule has 2 aliphatic rings. The summed E-state index contributed by atoms with van der Waals surface area (Å²) in [5, 5.41) is 3.43. The number of carbonyl (C=O) groups excluding carboxylic acids is 1. The molecule has 0 bridgehead atoms. The zero-order chi connectivity index (χ0) is 13.8. The molecule has 2 aliphatic heterocycles. The van der Waals surface area contributed by atoms with Gasteiger partial charge in [0.25, 0.3) is 5.91 Å². The van der Waals surface area contributed by atoms with Crippen molar-refractivity contribution in [2.24, 2.45) is 0 Å². The van der Waals surface area contributed by atoms with Gasteiger partial charge < -0.3 is 15.0 Å². The van der Waals surface area contributed by atoms with E-state index in [-0.39, 0.29) is 5.91 Å². The highest BCUT2D eigenvalue weighted by Gasteiger charge is 2.19. The summed E-state index contributed by atoms with van der Waals surface area (Å²) in [7, 11) is 0. The number of nitrogens with one attached hydrogen (secondary N) is 1. The van der Waals surface area contributed by atoms with E-state index in [9.17, 15) is 4.79 Å². The van der Waals surface area contributed by atoms with E-state index in [0.29, 0.717) is 32.2 Å². The molecule has 108 valence electrons. The first-order chi connectivity index (χ1) is 9.84. The standard InChI is InChI=1S/C16H22N2O2/c19-16(18-8-10-20-11-9-18)14-5-3-13(4-6-14)15-2-1-7-17-12-15/h3-6,15,17H,1-2,7-12H2. The van der Waals surface area contributed by atoms with Crippen LogP contribution >= 0.6 is 0 Å². The van der Waals surface area contributed by atoms with E-state index >= 15 is 0 Å². The van der Waals surface area contributed by atoms with Gasteiger partial charge >= 0.3 is 0 Å². The Morgan fingerprint density at radius 1 is 1.20 bits per heavy atom. The summed E-state index contributed by atoms with van der Waals surface area (Å²) in [5.41, 5.74) is 2.13. The van der Waals surface area contributed by atoms with Gasteiger partial charge in [0.1, 0.15) is 0 Å². The van der Waals surface area contributed by atoms with Crippen molar-refractivity contribution in [3.63, 3.8) is 0 Å². The first-order valence-electron chi connectivity index (χ1n) is 7.52. The van der Waals surface area contributed by atoms with Gasteiger partial charge in [0, 0.05) is 25.2 Å². The zero-order valence-electron chi connectivity index (χ0n) is 11.8. The van der Waals surface area contributed by atoms with E-state index in [4.69, 9.17) is 4.74 Å². The molecule has 1 atom stereocenters. The molecule has 2 heterocycles. The van der Waals surface area contributed by atoms with Gasteiger partial charge in [0.05, 0.1) is 13.2 Å². The maximum absolute atomic E-state index is 12.3. The number of hydrogen-bond acceptors (Lipinski definition) is 3. The van der Waals surface area contributed by atoms with Crippen LogP contribution in [0, 0.1) is 0 Å². The number of morpholine rings is 1. The molecule has 4 heteroatoms. The van der Waals surface area contributed by atoms with Crippen molar-refractivity contribution in [3.8, 4) is 0 Å². The Bertz CT molecular complexity index is 446. The van der Waals surface area contributed by atoms with Crippen LogP contribution in [0.3, 0.4) is 0 Å². The Morgan fingerprint density at radius 2 is 1.95 bits per heavy atom. The fourth-order valence-electron chi connectivity index (χ4n) is 2.98. The fraction of sp³-hybridized carbons (Fsp3) is 0.562. The van der Waals surface area contributed by atoms with Gasteiger partial charge in [-0.2, -0.15) is 0 Å². The van der Waals surface area contributed by atoms with E-state index in [1.165, 1.54) is 18.4 Å². The second-order valence-corrected chi connectivity index (χ2v) is 5.57. The number of benzene rings is 1. The van der Waals surface area contributed by atoms with E-state index in [1.807, 2.05) is 17.0 Å². The lowest BCUT2D eigenvalue weighted by atomic mass is 9.91. The largest absolute Gasteiger partial charge is 0.378 e. The van der Waals surface area contributed by atoms with Crippen molar-refractivity contribution in [1.82, 2.24) is 10.2 Å². The highest BCUT2D eigenvalue weighted by Crippen LogP contribution is 2.23. The van der Waals surface area contributed by atoms with E-state index in [2.05, 4.69) is 17.4 Å². The molecule has 0 aromatic heterocycles. The summed E-state index contributed by atoms with van der Waals surface area (Å²) in [6.45, 7) is 4.89. The fourth-order valence-corrected chi connectivity index (χ4v) is 2.98. The molecule has 2 fully saturated rings. The summed E-state index contributed by atoms with van der Waals surface area (Å²) in [6.07, 6.45) is 2.48. The van der Waals surface area contributed by atoms with Crippen molar-refractivity contribution in [3.05, 3.63) is 35.4 Å². The molecule has 0 spiro atoms. The molecular weight excluding hydrogens is 252 g/mol. The van der Waals surface area contributed by atoms with Gasteiger partial charge in [-0.3, -0.25) is 4.79 Å². The maximum Gasteiger partial charge on any atom is 0.254 e. The smallest absolute Gasteiger partial charge is 0.254 e. The van der Waals surface area contributed by atoms with Crippen LogP contribution in [-0.4, -0.2) is 50.2 Å². The topological polar surface area (TPSA) is 41.6 Å². The molecular formula is C16H22N2O2. The predicted molar refractivity (Wildman–Crippen MR) is 78.0 cm³/mol. The van der Waals surface area contributed by atoms with Gasteiger partial charge in [-0.05, 0) is 43.0 Å². The lowest BCUT2D eigenvalue weighted by molar-refractivity contribution is 0.0303. The number of piperidine rings is 1. The predicted octanol–water partition coefficient (Wildman–Crippen LogP) is 1.63. The Kier molecular flexibility index (Phi) is 4.33. The molecule has 1 N–H and O–H groups in total. The first kappa shape index (κ1) is 13.6. The van der Waals surface area contributed by atoms with Crippen LogP contribution in [0.25, 0.3) is 0 Å². The van der Waals surface area contributed by atoms with Crippen LogP contribution < -0.4 is 5.32 Å². The van der Waals surface area contributed by atoms with Crippen LogP contribution in [0.15, 0.2) is 24.3 Å². The molecule has 1 aromatic carbocycles. The normalized spacial score (nSPS) is 23.6. The highest BCUT2D eigenvalue weighted by molar-refractivity contribution is 5.94. The van der Waals surface area contributed by atoms with Crippen LogP contribution in [-0.2, 0) is 4.74 Å². The minimum absolute atomic E-state index is 0.126.